The number of carboxylic acids is 1. The minimum atomic E-state index is -0.861. The summed E-state index contributed by atoms with van der Waals surface area (Å²) in [7, 11) is 0. The number of hydrogen-bond acceptors (Lipinski definition) is 3. The molecular formula is C15H25N3O2. The Kier molecular flexibility index (Phi) is 4.18. The van der Waals surface area contributed by atoms with Crippen molar-refractivity contribution in [2.45, 2.75) is 71.5 Å². The Balaban J connectivity index is 2.07. The fourth-order valence-corrected chi connectivity index (χ4v) is 2.71. The number of aromatic nitrogens is 2. The van der Waals surface area contributed by atoms with Crippen LogP contribution in [0.1, 0.15) is 50.1 Å². The molecule has 0 amide bonds. The zero-order chi connectivity index (χ0) is 14.9. The van der Waals surface area contributed by atoms with Crippen LogP contribution in [-0.4, -0.2) is 32.4 Å². The molecule has 20 heavy (non-hydrogen) atoms. The van der Waals surface area contributed by atoms with Gasteiger partial charge in [-0.05, 0) is 52.0 Å². The Morgan fingerprint density at radius 3 is 2.60 bits per heavy atom. The maximum Gasteiger partial charge on any atom is 0.323 e. The summed E-state index contributed by atoms with van der Waals surface area (Å²) in [5.41, 5.74) is 2.62. The molecule has 112 valence electrons. The lowest BCUT2D eigenvalue weighted by Crippen LogP contribution is -2.51. The number of aliphatic carboxylic acids is 1. The van der Waals surface area contributed by atoms with Gasteiger partial charge in [0.15, 0.2) is 0 Å². The minimum Gasteiger partial charge on any atom is -0.480 e. The first kappa shape index (κ1) is 15.0. The van der Waals surface area contributed by atoms with E-state index in [0.29, 0.717) is 19.0 Å². The molecule has 1 aromatic heterocycles. The van der Waals surface area contributed by atoms with Gasteiger partial charge in [0.05, 0.1) is 5.69 Å². The van der Waals surface area contributed by atoms with E-state index in [0.717, 1.165) is 30.7 Å². The lowest BCUT2D eigenvalue weighted by molar-refractivity contribution is -0.144. The summed E-state index contributed by atoms with van der Waals surface area (Å²) < 4.78 is 1.95. The van der Waals surface area contributed by atoms with Crippen molar-refractivity contribution in [1.82, 2.24) is 15.1 Å². The lowest BCUT2D eigenvalue weighted by Gasteiger charge is -2.26. The third kappa shape index (κ3) is 3.03. The van der Waals surface area contributed by atoms with E-state index in [-0.39, 0.29) is 0 Å². The van der Waals surface area contributed by atoms with E-state index in [1.807, 2.05) is 11.6 Å². The standard InChI is InChI=1S/C15H25N3O2/c1-5-13-10(2)17-18(11(13)3)9-8-15(4,14(19)20)16-12-6-7-12/h12,16H,5-9H2,1-4H3,(H,19,20). The second kappa shape index (κ2) is 5.56. The summed E-state index contributed by atoms with van der Waals surface area (Å²) in [5, 5.41) is 17.3. The van der Waals surface area contributed by atoms with Crippen LogP contribution in [0.2, 0.25) is 0 Å². The minimum absolute atomic E-state index is 0.378. The van der Waals surface area contributed by atoms with Crippen molar-refractivity contribution < 1.29 is 9.90 Å². The van der Waals surface area contributed by atoms with Crippen molar-refractivity contribution >= 4 is 5.97 Å². The highest BCUT2D eigenvalue weighted by molar-refractivity contribution is 5.78. The van der Waals surface area contributed by atoms with Crippen molar-refractivity contribution in [3.05, 3.63) is 17.0 Å². The van der Waals surface area contributed by atoms with Crippen LogP contribution in [0, 0.1) is 13.8 Å². The van der Waals surface area contributed by atoms with Crippen molar-refractivity contribution in [3.63, 3.8) is 0 Å². The van der Waals surface area contributed by atoms with Gasteiger partial charge >= 0.3 is 5.97 Å². The molecule has 0 aliphatic heterocycles. The number of hydrogen-bond donors (Lipinski definition) is 2. The topological polar surface area (TPSA) is 67.2 Å². The first-order valence-electron chi connectivity index (χ1n) is 7.41. The molecule has 5 heteroatoms. The van der Waals surface area contributed by atoms with Crippen LogP contribution in [0.3, 0.4) is 0 Å². The molecule has 1 heterocycles. The Labute approximate surface area is 120 Å². The van der Waals surface area contributed by atoms with Crippen molar-refractivity contribution in [1.29, 1.82) is 0 Å². The van der Waals surface area contributed by atoms with Crippen LogP contribution in [0.4, 0.5) is 0 Å². The molecule has 0 saturated heterocycles. The van der Waals surface area contributed by atoms with E-state index in [9.17, 15) is 9.90 Å². The Bertz CT molecular complexity index is 505. The van der Waals surface area contributed by atoms with Crippen LogP contribution in [0.25, 0.3) is 0 Å². The fourth-order valence-electron chi connectivity index (χ4n) is 2.71. The number of nitrogens with zero attached hydrogens (tertiary/aromatic N) is 2. The average molecular weight is 279 g/mol. The molecule has 5 nitrogen and oxygen atoms in total. The van der Waals surface area contributed by atoms with E-state index >= 15 is 0 Å². The van der Waals surface area contributed by atoms with Gasteiger partial charge in [-0.2, -0.15) is 5.10 Å². The molecule has 0 radical (unpaired) electrons. The molecule has 1 atom stereocenters. The molecular weight excluding hydrogens is 254 g/mol. The van der Waals surface area contributed by atoms with Gasteiger partial charge in [-0.25, -0.2) is 0 Å². The van der Waals surface area contributed by atoms with Crippen molar-refractivity contribution in [3.8, 4) is 0 Å². The highest BCUT2D eigenvalue weighted by Crippen LogP contribution is 2.25. The van der Waals surface area contributed by atoms with E-state index in [1.165, 1.54) is 5.56 Å². The van der Waals surface area contributed by atoms with Gasteiger partial charge in [0.25, 0.3) is 0 Å². The van der Waals surface area contributed by atoms with Gasteiger partial charge in [0, 0.05) is 18.3 Å². The molecule has 1 saturated carbocycles. The average Bonchev–Trinajstić information content (AvgIpc) is 3.13. The normalized spacial score (nSPS) is 18.0. The summed E-state index contributed by atoms with van der Waals surface area (Å²) in [6.07, 6.45) is 3.68. The highest BCUT2D eigenvalue weighted by Gasteiger charge is 2.38. The zero-order valence-corrected chi connectivity index (χ0v) is 12.9. The summed E-state index contributed by atoms with van der Waals surface area (Å²) in [6.45, 7) is 8.61. The Morgan fingerprint density at radius 1 is 1.50 bits per heavy atom. The molecule has 1 aromatic rings. The number of aryl methyl sites for hydroxylation is 2. The SMILES string of the molecule is CCc1c(C)nn(CCC(C)(NC2CC2)C(=O)O)c1C. The molecule has 2 N–H and O–H groups in total. The van der Waals surface area contributed by atoms with E-state index in [1.54, 1.807) is 6.92 Å². The van der Waals surface area contributed by atoms with Crippen molar-refractivity contribution in [2.75, 3.05) is 0 Å². The van der Waals surface area contributed by atoms with E-state index in [2.05, 4.69) is 24.3 Å². The second-order valence-electron chi connectivity index (χ2n) is 6.03. The summed E-state index contributed by atoms with van der Waals surface area (Å²) in [6, 6.07) is 0.378. The maximum atomic E-state index is 11.5. The quantitative estimate of drug-likeness (QED) is 0.801. The zero-order valence-electron chi connectivity index (χ0n) is 12.9. The summed E-state index contributed by atoms with van der Waals surface area (Å²) >= 11 is 0. The Hall–Kier alpha value is -1.36. The number of carbonyl (C=O) groups is 1. The summed E-state index contributed by atoms with van der Waals surface area (Å²) in [4.78, 5) is 11.5. The third-order valence-electron chi connectivity index (χ3n) is 4.28. The first-order chi connectivity index (χ1) is 9.37. The molecule has 0 bridgehead atoms. The first-order valence-corrected chi connectivity index (χ1v) is 7.41. The largest absolute Gasteiger partial charge is 0.480 e. The maximum absolute atomic E-state index is 11.5. The van der Waals surface area contributed by atoms with E-state index in [4.69, 9.17) is 0 Å². The number of carboxylic acid groups (broad SMARTS) is 1. The number of nitrogens with one attached hydrogen (secondary N) is 1. The predicted molar refractivity (Wildman–Crippen MR) is 77.9 cm³/mol. The monoisotopic (exact) mass is 279 g/mol. The van der Waals surface area contributed by atoms with Crippen LogP contribution in [-0.2, 0) is 17.8 Å². The van der Waals surface area contributed by atoms with Gasteiger partial charge in [-0.1, -0.05) is 6.92 Å². The van der Waals surface area contributed by atoms with E-state index < -0.39 is 11.5 Å². The summed E-state index contributed by atoms with van der Waals surface area (Å²) in [5.74, 6) is -0.776. The van der Waals surface area contributed by atoms with Crippen molar-refractivity contribution in [2.24, 2.45) is 0 Å². The molecule has 0 spiro atoms. The third-order valence-corrected chi connectivity index (χ3v) is 4.28. The second-order valence-corrected chi connectivity index (χ2v) is 6.03. The molecule has 1 fully saturated rings. The predicted octanol–water partition coefficient (Wildman–Crippen LogP) is 2.05. The van der Waals surface area contributed by atoms with Gasteiger partial charge in [0.2, 0.25) is 0 Å². The van der Waals surface area contributed by atoms with Crippen LogP contribution < -0.4 is 5.32 Å². The molecule has 0 aromatic carbocycles. The molecule has 1 unspecified atom stereocenters. The van der Waals surface area contributed by atoms with Gasteiger partial charge in [0.1, 0.15) is 5.54 Å². The molecule has 2 rings (SSSR count). The highest BCUT2D eigenvalue weighted by atomic mass is 16.4. The number of rotatable bonds is 7. The Morgan fingerprint density at radius 2 is 2.15 bits per heavy atom. The smallest absolute Gasteiger partial charge is 0.323 e. The van der Waals surface area contributed by atoms with Crippen LogP contribution in [0.15, 0.2) is 0 Å². The van der Waals surface area contributed by atoms with Crippen LogP contribution >= 0.6 is 0 Å². The van der Waals surface area contributed by atoms with Gasteiger partial charge in [-0.3, -0.25) is 14.8 Å². The van der Waals surface area contributed by atoms with Gasteiger partial charge < -0.3 is 5.11 Å². The molecule has 1 aliphatic rings. The fraction of sp³-hybridized carbons (Fsp3) is 0.733. The lowest BCUT2D eigenvalue weighted by atomic mass is 9.97. The molecule has 1 aliphatic carbocycles. The van der Waals surface area contributed by atoms with Gasteiger partial charge in [-0.15, -0.1) is 0 Å². The van der Waals surface area contributed by atoms with Crippen LogP contribution in [0.5, 0.6) is 0 Å².